The van der Waals surface area contributed by atoms with E-state index in [9.17, 15) is 0 Å². The molecule has 5 nitrogen and oxygen atoms in total. The summed E-state index contributed by atoms with van der Waals surface area (Å²) in [6, 6.07) is 23.4. The van der Waals surface area contributed by atoms with Crippen molar-refractivity contribution >= 4 is 5.71 Å². The van der Waals surface area contributed by atoms with Crippen LogP contribution >= 0.6 is 0 Å². The Kier molecular flexibility index (Phi) is 4.39. The van der Waals surface area contributed by atoms with Crippen LogP contribution in [0.25, 0.3) is 0 Å². The average molecular weight is 414 g/mol. The summed E-state index contributed by atoms with van der Waals surface area (Å²) in [6.45, 7) is 4.95. The molecule has 31 heavy (non-hydrogen) atoms. The molecule has 0 saturated carbocycles. The van der Waals surface area contributed by atoms with Gasteiger partial charge in [-0.05, 0) is 30.7 Å². The van der Waals surface area contributed by atoms with Crippen LogP contribution in [-0.2, 0) is 6.54 Å². The van der Waals surface area contributed by atoms with Crippen molar-refractivity contribution < 1.29 is 9.15 Å². The van der Waals surface area contributed by atoms with Gasteiger partial charge < -0.3 is 9.15 Å². The first kappa shape index (κ1) is 18.7. The number of hydrogen-bond donors (Lipinski definition) is 0. The Hall–Kier alpha value is -3.05. The highest BCUT2D eigenvalue weighted by atomic mass is 16.5. The van der Waals surface area contributed by atoms with E-state index in [1.165, 1.54) is 11.1 Å². The zero-order valence-corrected chi connectivity index (χ0v) is 17.8. The Bertz CT molecular complexity index is 1110. The van der Waals surface area contributed by atoms with Crippen molar-refractivity contribution in [3.8, 4) is 5.75 Å². The first-order valence-corrected chi connectivity index (χ1v) is 11.2. The summed E-state index contributed by atoms with van der Waals surface area (Å²) >= 11 is 0. The van der Waals surface area contributed by atoms with Crippen molar-refractivity contribution in [1.29, 1.82) is 0 Å². The molecule has 0 unspecified atom stereocenters. The van der Waals surface area contributed by atoms with Crippen molar-refractivity contribution in [2.45, 2.75) is 44.5 Å². The minimum absolute atomic E-state index is 0.200. The topological polar surface area (TPSA) is 41.2 Å². The van der Waals surface area contributed by atoms with Gasteiger partial charge >= 0.3 is 0 Å². The van der Waals surface area contributed by atoms with Gasteiger partial charge in [0.05, 0.1) is 6.04 Å². The molecule has 0 radical (unpaired) electrons. The van der Waals surface area contributed by atoms with E-state index in [1.807, 2.05) is 19.1 Å². The number of furan rings is 1. The van der Waals surface area contributed by atoms with Gasteiger partial charge in [0, 0.05) is 44.5 Å². The van der Waals surface area contributed by atoms with Gasteiger partial charge in [0.2, 0.25) is 5.72 Å². The van der Waals surface area contributed by atoms with E-state index >= 15 is 0 Å². The Morgan fingerprint density at radius 3 is 2.52 bits per heavy atom. The number of hydrogen-bond acceptors (Lipinski definition) is 5. The van der Waals surface area contributed by atoms with Crippen molar-refractivity contribution in [3.63, 3.8) is 0 Å². The monoisotopic (exact) mass is 413 g/mol. The number of hydrazone groups is 1. The molecule has 3 aliphatic rings. The minimum atomic E-state index is -0.393. The number of para-hydroxylation sites is 1. The first-order valence-electron chi connectivity index (χ1n) is 11.2. The highest BCUT2D eigenvalue weighted by Gasteiger charge is 2.52. The summed E-state index contributed by atoms with van der Waals surface area (Å²) < 4.78 is 12.6. The second-order valence-electron chi connectivity index (χ2n) is 8.87. The number of aryl methyl sites for hydroxylation is 1. The molecule has 1 atom stereocenters. The third-order valence-electron chi connectivity index (χ3n) is 6.82. The van der Waals surface area contributed by atoms with Gasteiger partial charge in [-0.15, -0.1) is 0 Å². The van der Waals surface area contributed by atoms with Crippen LogP contribution in [0.2, 0.25) is 0 Å². The summed E-state index contributed by atoms with van der Waals surface area (Å²) in [5.74, 6) is 2.80. The fourth-order valence-electron chi connectivity index (χ4n) is 5.20. The third-order valence-corrected chi connectivity index (χ3v) is 6.82. The summed E-state index contributed by atoms with van der Waals surface area (Å²) in [5, 5.41) is 7.34. The number of rotatable bonds is 3. The van der Waals surface area contributed by atoms with Gasteiger partial charge in [0.1, 0.15) is 23.0 Å². The van der Waals surface area contributed by atoms with Crippen molar-refractivity contribution in [1.82, 2.24) is 9.91 Å². The van der Waals surface area contributed by atoms with Crippen LogP contribution in [0.1, 0.15) is 48.0 Å². The lowest BCUT2D eigenvalue weighted by Crippen LogP contribution is -2.59. The predicted octanol–water partition coefficient (Wildman–Crippen LogP) is 5.12. The van der Waals surface area contributed by atoms with Crippen molar-refractivity contribution in [2.75, 3.05) is 13.1 Å². The van der Waals surface area contributed by atoms with Gasteiger partial charge in [0.25, 0.3) is 0 Å². The van der Waals surface area contributed by atoms with E-state index in [2.05, 4.69) is 64.5 Å². The van der Waals surface area contributed by atoms with Gasteiger partial charge in [-0.3, -0.25) is 4.90 Å². The molecule has 0 amide bonds. The zero-order valence-electron chi connectivity index (χ0n) is 17.8. The van der Waals surface area contributed by atoms with Crippen LogP contribution < -0.4 is 4.74 Å². The standard InChI is InChI=1S/C26H27N3O2/c1-19-11-12-25(30-19)22-17-23-21-9-5-6-10-24(21)31-26(29(23)27-22)13-15-28(16-14-26)18-20-7-3-2-4-8-20/h2-12,23H,13-18H2,1H3/t23-/m0/s1. The summed E-state index contributed by atoms with van der Waals surface area (Å²) in [4.78, 5) is 2.52. The molecule has 3 aliphatic heterocycles. The molecule has 158 valence electrons. The normalized spacial score (nSPS) is 22.0. The molecule has 3 aromatic rings. The Labute approximate surface area is 182 Å². The Morgan fingerprint density at radius 1 is 0.968 bits per heavy atom. The fraction of sp³-hybridized carbons (Fsp3) is 0.346. The maximum absolute atomic E-state index is 6.72. The maximum atomic E-state index is 6.72. The Morgan fingerprint density at radius 2 is 1.74 bits per heavy atom. The van der Waals surface area contributed by atoms with Crippen LogP contribution in [0.4, 0.5) is 0 Å². The largest absolute Gasteiger partial charge is 0.466 e. The molecule has 4 heterocycles. The SMILES string of the molecule is Cc1ccc(C2=NN3[C@@H](C2)c2ccccc2OC32CCN(Cc3ccccc3)CC2)o1. The predicted molar refractivity (Wildman–Crippen MR) is 120 cm³/mol. The quantitative estimate of drug-likeness (QED) is 0.597. The summed E-state index contributed by atoms with van der Waals surface area (Å²) in [6.07, 6.45) is 2.71. The molecule has 6 rings (SSSR count). The van der Waals surface area contributed by atoms with Crippen LogP contribution in [0, 0.1) is 6.92 Å². The zero-order chi connectivity index (χ0) is 20.8. The fourth-order valence-corrected chi connectivity index (χ4v) is 5.20. The second-order valence-corrected chi connectivity index (χ2v) is 8.87. The van der Waals surface area contributed by atoms with Crippen LogP contribution in [0.15, 0.2) is 76.2 Å². The molecule has 2 aromatic carbocycles. The number of fused-ring (bicyclic) bond motifs is 4. The summed E-state index contributed by atoms with van der Waals surface area (Å²) in [7, 11) is 0. The lowest BCUT2D eigenvalue weighted by atomic mass is 9.91. The van der Waals surface area contributed by atoms with Gasteiger partial charge in [-0.25, -0.2) is 5.01 Å². The number of benzene rings is 2. The first-order chi connectivity index (χ1) is 15.2. The van der Waals surface area contributed by atoms with Crippen LogP contribution in [0.5, 0.6) is 5.75 Å². The molecule has 1 spiro atoms. The van der Waals surface area contributed by atoms with Gasteiger partial charge in [-0.1, -0.05) is 48.5 Å². The van der Waals surface area contributed by atoms with E-state index < -0.39 is 5.72 Å². The van der Waals surface area contributed by atoms with Gasteiger partial charge in [-0.2, -0.15) is 5.10 Å². The van der Waals surface area contributed by atoms with E-state index in [0.717, 1.165) is 61.9 Å². The highest BCUT2D eigenvalue weighted by Crippen LogP contribution is 2.50. The van der Waals surface area contributed by atoms with Gasteiger partial charge in [0.15, 0.2) is 0 Å². The Balaban J connectivity index is 1.29. The van der Waals surface area contributed by atoms with E-state index in [1.54, 1.807) is 0 Å². The van der Waals surface area contributed by atoms with E-state index in [0.29, 0.717) is 0 Å². The smallest absolute Gasteiger partial charge is 0.200 e. The lowest BCUT2D eigenvalue weighted by molar-refractivity contribution is -0.150. The lowest BCUT2D eigenvalue weighted by Gasteiger charge is -2.51. The third kappa shape index (κ3) is 3.24. The number of piperidine rings is 1. The number of ether oxygens (including phenoxy) is 1. The molecular weight excluding hydrogens is 386 g/mol. The summed E-state index contributed by atoms with van der Waals surface area (Å²) in [5.41, 5.74) is 3.21. The molecule has 0 N–H and O–H groups in total. The molecular formula is C26H27N3O2. The molecule has 5 heteroatoms. The molecule has 1 saturated heterocycles. The van der Waals surface area contributed by atoms with Crippen molar-refractivity contribution in [2.24, 2.45) is 5.10 Å². The molecule has 0 bridgehead atoms. The minimum Gasteiger partial charge on any atom is -0.466 e. The maximum Gasteiger partial charge on any atom is 0.200 e. The molecule has 1 fully saturated rings. The van der Waals surface area contributed by atoms with Crippen LogP contribution in [0.3, 0.4) is 0 Å². The van der Waals surface area contributed by atoms with E-state index in [-0.39, 0.29) is 6.04 Å². The highest BCUT2D eigenvalue weighted by molar-refractivity contribution is 5.99. The second kappa shape index (κ2) is 7.27. The number of nitrogens with zero attached hydrogens (tertiary/aromatic N) is 3. The van der Waals surface area contributed by atoms with Crippen molar-refractivity contribution in [3.05, 3.63) is 89.4 Å². The average Bonchev–Trinajstić information content (AvgIpc) is 3.44. The van der Waals surface area contributed by atoms with Crippen LogP contribution in [-0.4, -0.2) is 34.4 Å². The molecule has 0 aliphatic carbocycles. The molecule has 1 aromatic heterocycles. The number of likely N-dealkylation sites (tertiary alicyclic amines) is 1. The van der Waals surface area contributed by atoms with E-state index in [4.69, 9.17) is 14.3 Å².